The zero-order valence-corrected chi connectivity index (χ0v) is 20.2. The Hall–Kier alpha value is -2.42. The highest BCUT2D eigenvalue weighted by Crippen LogP contribution is 2.38. The second kappa shape index (κ2) is 10.0. The molecule has 0 fully saturated rings. The molecule has 1 aromatic carbocycles. The van der Waals surface area contributed by atoms with Crippen LogP contribution in [0.15, 0.2) is 35.6 Å². The van der Waals surface area contributed by atoms with Gasteiger partial charge in [-0.25, -0.2) is 9.97 Å². The molecular formula is C23H23ClN4O2S2. The maximum atomic E-state index is 13.1. The van der Waals surface area contributed by atoms with Crippen molar-refractivity contribution in [2.75, 3.05) is 12.4 Å². The highest BCUT2D eigenvalue weighted by Gasteiger charge is 2.27. The van der Waals surface area contributed by atoms with Gasteiger partial charge in [0.1, 0.15) is 5.00 Å². The standard InChI is InChI=1S/C23H23ClN4O2S2/c1-13-6-5-7-14(10-13)12-31-23-26-11-16(24)19(27-23)21(30)28-22-18(20(29)25-2)15-8-3-4-9-17(15)32-22/h5-7,10-11H,3-4,8-9,12H2,1-2H3,(H,25,29)(H,28,30). The normalized spacial score (nSPS) is 12.8. The van der Waals surface area contributed by atoms with Gasteiger partial charge in [0, 0.05) is 17.7 Å². The smallest absolute Gasteiger partial charge is 0.276 e. The number of nitrogens with one attached hydrogen (secondary N) is 2. The number of rotatable bonds is 6. The predicted octanol–water partition coefficient (Wildman–Crippen LogP) is 5.28. The fraction of sp³-hybridized carbons (Fsp3) is 0.304. The molecular weight excluding hydrogens is 464 g/mol. The van der Waals surface area contributed by atoms with Gasteiger partial charge in [-0.3, -0.25) is 9.59 Å². The maximum absolute atomic E-state index is 13.1. The summed E-state index contributed by atoms with van der Waals surface area (Å²) in [6, 6.07) is 8.21. The SMILES string of the molecule is CNC(=O)c1c(NC(=O)c2nc(SCc3cccc(C)c3)ncc2Cl)sc2c1CCCC2. The maximum Gasteiger partial charge on any atom is 0.276 e. The van der Waals surface area contributed by atoms with Crippen LogP contribution in [0.4, 0.5) is 5.00 Å². The molecule has 0 saturated heterocycles. The second-order valence-corrected chi connectivity index (χ2v) is 10.0. The average Bonchev–Trinajstić information content (AvgIpc) is 3.15. The summed E-state index contributed by atoms with van der Waals surface area (Å²) in [6.45, 7) is 2.05. The monoisotopic (exact) mass is 486 g/mol. The van der Waals surface area contributed by atoms with Gasteiger partial charge in [-0.15, -0.1) is 11.3 Å². The second-order valence-electron chi connectivity index (χ2n) is 7.58. The van der Waals surface area contributed by atoms with Crippen LogP contribution in [0, 0.1) is 6.92 Å². The minimum atomic E-state index is -0.446. The number of aryl methyl sites for hydroxylation is 2. The number of thiophene rings is 1. The van der Waals surface area contributed by atoms with Crippen LogP contribution in [0.3, 0.4) is 0 Å². The van der Waals surface area contributed by atoms with Gasteiger partial charge in [0.05, 0.1) is 16.8 Å². The highest BCUT2D eigenvalue weighted by molar-refractivity contribution is 7.98. The fourth-order valence-electron chi connectivity index (χ4n) is 3.71. The van der Waals surface area contributed by atoms with Crippen molar-refractivity contribution >= 4 is 51.5 Å². The number of thioether (sulfide) groups is 1. The highest BCUT2D eigenvalue weighted by atomic mass is 35.5. The first kappa shape index (κ1) is 22.8. The number of hydrogen-bond acceptors (Lipinski definition) is 6. The predicted molar refractivity (Wildman–Crippen MR) is 130 cm³/mol. The molecule has 9 heteroatoms. The van der Waals surface area contributed by atoms with Gasteiger partial charge in [0.25, 0.3) is 11.8 Å². The molecule has 0 aliphatic heterocycles. The van der Waals surface area contributed by atoms with Crippen LogP contribution >= 0.6 is 34.7 Å². The Labute approximate surface area is 200 Å². The van der Waals surface area contributed by atoms with Crippen LogP contribution in [-0.4, -0.2) is 28.8 Å². The van der Waals surface area contributed by atoms with E-state index < -0.39 is 5.91 Å². The van der Waals surface area contributed by atoms with E-state index in [1.54, 1.807) is 7.05 Å². The number of carbonyl (C=O) groups is 2. The lowest BCUT2D eigenvalue weighted by molar-refractivity contribution is 0.0963. The minimum Gasteiger partial charge on any atom is -0.355 e. The van der Waals surface area contributed by atoms with E-state index >= 15 is 0 Å². The Morgan fingerprint density at radius 1 is 1.22 bits per heavy atom. The number of hydrogen-bond donors (Lipinski definition) is 2. The molecule has 2 aromatic heterocycles. The van der Waals surface area contributed by atoms with Gasteiger partial charge >= 0.3 is 0 Å². The molecule has 3 aromatic rings. The summed E-state index contributed by atoms with van der Waals surface area (Å²) in [4.78, 5) is 35.4. The Bertz CT molecular complexity index is 1180. The molecule has 1 aliphatic rings. The van der Waals surface area contributed by atoms with Crippen LogP contribution in [0.2, 0.25) is 5.02 Å². The van der Waals surface area contributed by atoms with Gasteiger partial charge in [0.15, 0.2) is 10.9 Å². The third-order valence-corrected chi connectivity index (χ3v) is 7.66. The summed E-state index contributed by atoms with van der Waals surface area (Å²) >= 11 is 9.16. The van der Waals surface area contributed by atoms with E-state index in [0.29, 0.717) is 21.5 Å². The van der Waals surface area contributed by atoms with Crippen molar-refractivity contribution < 1.29 is 9.59 Å². The molecule has 4 rings (SSSR count). The Balaban J connectivity index is 1.55. The van der Waals surface area contributed by atoms with Crippen molar-refractivity contribution in [3.8, 4) is 0 Å². The first-order valence-corrected chi connectivity index (χ1v) is 12.5. The van der Waals surface area contributed by atoms with E-state index in [-0.39, 0.29) is 16.6 Å². The molecule has 0 unspecified atom stereocenters. The summed E-state index contributed by atoms with van der Waals surface area (Å²) in [5.74, 6) is 0.0458. The number of aromatic nitrogens is 2. The molecule has 2 amide bonds. The summed E-state index contributed by atoms with van der Waals surface area (Å²) in [5.41, 5.74) is 4.03. The van der Waals surface area contributed by atoms with Crippen molar-refractivity contribution in [3.63, 3.8) is 0 Å². The zero-order valence-electron chi connectivity index (χ0n) is 17.8. The summed E-state index contributed by atoms with van der Waals surface area (Å²) < 4.78 is 0. The summed E-state index contributed by atoms with van der Waals surface area (Å²) in [6.07, 6.45) is 5.35. The lowest BCUT2D eigenvalue weighted by Crippen LogP contribution is -2.22. The number of nitrogens with zero attached hydrogens (tertiary/aromatic N) is 2. The first-order chi connectivity index (χ1) is 15.5. The lowest BCUT2D eigenvalue weighted by Gasteiger charge is -2.12. The molecule has 0 spiro atoms. The third kappa shape index (κ3) is 4.98. The van der Waals surface area contributed by atoms with Gasteiger partial charge in [-0.1, -0.05) is 53.2 Å². The largest absolute Gasteiger partial charge is 0.355 e. The van der Waals surface area contributed by atoms with Crippen molar-refractivity contribution in [2.24, 2.45) is 0 Å². The Morgan fingerprint density at radius 2 is 2.03 bits per heavy atom. The van der Waals surface area contributed by atoms with E-state index in [1.807, 2.05) is 25.1 Å². The number of anilines is 1. The summed E-state index contributed by atoms with van der Waals surface area (Å²) in [5, 5.41) is 6.76. The van der Waals surface area contributed by atoms with Crippen LogP contribution in [0.25, 0.3) is 0 Å². The molecule has 1 aliphatic carbocycles. The van der Waals surface area contributed by atoms with Gasteiger partial charge in [-0.2, -0.15) is 0 Å². The van der Waals surface area contributed by atoms with Crippen LogP contribution in [0.5, 0.6) is 0 Å². The Morgan fingerprint density at radius 3 is 2.81 bits per heavy atom. The van der Waals surface area contributed by atoms with Crippen LogP contribution in [0.1, 0.15) is 55.3 Å². The molecule has 0 bridgehead atoms. The first-order valence-electron chi connectivity index (χ1n) is 10.3. The number of benzene rings is 1. The van der Waals surface area contributed by atoms with E-state index in [0.717, 1.165) is 41.7 Å². The average molecular weight is 487 g/mol. The van der Waals surface area contributed by atoms with Gasteiger partial charge in [0.2, 0.25) is 0 Å². The van der Waals surface area contributed by atoms with Crippen LogP contribution < -0.4 is 10.6 Å². The zero-order chi connectivity index (χ0) is 22.7. The third-order valence-electron chi connectivity index (χ3n) is 5.24. The number of amides is 2. The van der Waals surface area contributed by atoms with Crippen molar-refractivity contribution in [2.45, 2.75) is 43.5 Å². The lowest BCUT2D eigenvalue weighted by atomic mass is 9.95. The number of fused-ring (bicyclic) bond motifs is 1. The number of carbonyl (C=O) groups excluding carboxylic acids is 2. The molecule has 32 heavy (non-hydrogen) atoms. The minimum absolute atomic E-state index is 0.0997. The number of halogens is 1. The van der Waals surface area contributed by atoms with E-state index in [1.165, 1.54) is 34.9 Å². The van der Waals surface area contributed by atoms with Gasteiger partial charge < -0.3 is 10.6 Å². The van der Waals surface area contributed by atoms with Crippen molar-refractivity contribution in [1.82, 2.24) is 15.3 Å². The topological polar surface area (TPSA) is 84.0 Å². The van der Waals surface area contributed by atoms with Crippen molar-refractivity contribution in [3.05, 3.63) is 68.3 Å². The molecule has 0 atom stereocenters. The molecule has 0 saturated carbocycles. The van der Waals surface area contributed by atoms with Crippen LogP contribution in [-0.2, 0) is 18.6 Å². The van der Waals surface area contributed by atoms with Gasteiger partial charge in [-0.05, 0) is 43.7 Å². The Kier molecular flexibility index (Phi) is 7.13. The van der Waals surface area contributed by atoms with E-state index in [4.69, 9.17) is 11.6 Å². The molecule has 2 heterocycles. The quantitative estimate of drug-likeness (QED) is 0.365. The van der Waals surface area contributed by atoms with E-state index in [2.05, 4.69) is 26.7 Å². The summed E-state index contributed by atoms with van der Waals surface area (Å²) in [7, 11) is 1.60. The molecule has 0 radical (unpaired) electrons. The molecule has 6 nitrogen and oxygen atoms in total. The fourth-order valence-corrected chi connectivity index (χ4v) is 5.93. The molecule has 2 N–H and O–H groups in total. The molecule has 166 valence electrons. The van der Waals surface area contributed by atoms with E-state index in [9.17, 15) is 9.59 Å². The van der Waals surface area contributed by atoms with Crippen molar-refractivity contribution in [1.29, 1.82) is 0 Å².